The highest BCUT2D eigenvalue weighted by Gasteiger charge is 2.24. The molecule has 1 amide bonds. The summed E-state index contributed by atoms with van der Waals surface area (Å²) in [6, 6.07) is 15.2. The van der Waals surface area contributed by atoms with Gasteiger partial charge in [-0.25, -0.2) is 21.9 Å². The molecule has 210 valence electrons. The van der Waals surface area contributed by atoms with Gasteiger partial charge in [-0.3, -0.25) is 4.79 Å². The van der Waals surface area contributed by atoms with E-state index in [2.05, 4.69) is 22.3 Å². The fourth-order valence-electron chi connectivity index (χ4n) is 4.05. The van der Waals surface area contributed by atoms with Crippen LogP contribution >= 0.6 is 0 Å². The predicted molar refractivity (Wildman–Crippen MR) is 144 cm³/mol. The van der Waals surface area contributed by atoms with Crippen LogP contribution in [-0.4, -0.2) is 56.4 Å². The van der Waals surface area contributed by atoms with Crippen LogP contribution in [0.5, 0.6) is 0 Å². The Balaban J connectivity index is 1.76. The van der Waals surface area contributed by atoms with Crippen molar-refractivity contribution >= 4 is 15.9 Å². The van der Waals surface area contributed by atoms with Gasteiger partial charge in [0.15, 0.2) is 0 Å². The first-order valence-electron chi connectivity index (χ1n) is 12.5. The number of aliphatic hydroxyl groups is 2. The number of hydrogen-bond acceptors (Lipinski definition) is 6. The van der Waals surface area contributed by atoms with E-state index >= 15 is 0 Å². The first-order valence-corrected chi connectivity index (χ1v) is 14.0. The third-order valence-electron chi connectivity index (χ3n) is 6.05. The summed E-state index contributed by atoms with van der Waals surface area (Å²) in [7, 11) is -3.96. The van der Waals surface area contributed by atoms with E-state index in [-0.39, 0.29) is 35.5 Å². The van der Waals surface area contributed by atoms with Gasteiger partial charge in [0.1, 0.15) is 11.6 Å². The van der Waals surface area contributed by atoms with Crippen molar-refractivity contribution in [3.8, 4) is 0 Å². The summed E-state index contributed by atoms with van der Waals surface area (Å²) < 4.78 is 54.7. The number of halogens is 2. The zero-order chi connectivity index (χ0) is 28.4. The molecule has 0 aromatic heterocycles. The molecule has 0 aliphatic heterocycles. The largest absolute Gasteiger partial charge is 0.395 e. The molecule has 3 aromatic rings. The molecule has 0 saturated heterocycles. The van der Waals surface area contributed by atoms with Gasteiger partial charge in [0, 0.05) is 31.3 Å². The Morgan fingerprint density at radius 1 is 0.949 bits per heavy atom. The number of rotatable bonds is 14. The number of carbonyl (C=O) groups excluding carboxylic acids is 1. The van der Waals surface area contributed by atoms with Gasteiger partial charge in [-0.05, 0) is 59.9 Å². The van der Waals surface area contributed by atoms with E-state index in [1.54, 1.807) is 0 Å². The summed E-state index contributed by atoms with van der Waals surface area (Å²) >= 11 is 0. The molecule has 0 heterocycles. The lowest BCUT2D eigenvalue weighted by atomic mass is 10.00. The van der Waals surface area contributed by atoms with E-state index in [9.17, 15) is 27.1 Å². The number of carbonyl (C=O) groups is 1. The van der Waals surface area contributed by atoms with Crippen LogP contribution in [0, 0.1) is 11.6 Å². The van der Waals surface area contributed by atoms with Crippen LogP contribution in [-0.2, 0) is 29.4 Å². The number of aryl methyl sites for hydroxylation is 1. The zero-order valence-corrected chi connectivity index (χ0v) is 22.3. The van der Waals surface area contributed by atoms with Gasteiger partial charge in [0.2, 0.25) is 10.0 Å². The van der Waals surface area contributed by atoms with Gasteiger partial charge in [-0.1, -0.05) is 37.3 Å². The normalized spacial score (nSPS) is 13.2. The minimum absolute atomic E-state index is 0.00818. The van der Waals surface area contributed by atoms with Crippen molar-refractivity contribution in [2.75, 3.05) is 19.7 Å². The molecule has 39 heavy (non-hydrogen) atoms. The summed E-state index contributed by atoms with van der Waals surface area (Å²) in [5.74, 6) is -2.25. The van der Waals surface area contributed by atoms with Gasteiger partial charge in [0.05, 0.1) is 23.6 Å². The lowest BCUT2D eigenvalue weighted by molar-refractivity contribution is 0.0829. The Kier molecular flexibility index (Phi) is 11.1. The van der Waals surface area contributed by atoms with Crippen molar-refractivity contribution in [1.82, 2.24) is 15.4 Å². The molecule has 3 aromatic carbocycles. The molecule has 2 atom stereocenters. The Morgan fingerprint density at radius 3 is 2.33 bits per heavy atom. The third kappa shape index (κ3) is 9.19. The van der Waals surface area contributed by atoms with E-state index < -0.39 is 46.3 Å². The van der Waals surface area contributed by atoms with E-state index in [1.165, 1.54) is 29.8 Å². The van der Waals surface area contributed by atoms with Crippen molar-refractivity contribution in [3.05, 3.63) is 101 Å². The number of nitrogens with one attached hydrogen (secondary N) is 3. The summed E-state index contributed by atoms with van der Waals surface area (Å²) in [6.45, 7) is 2.00. The molecular formula is C28H33F2N3O5S. The van der Waals surface area contributed by atoms with Gasteiger partial charge in [-0.15, -0.1) is 0 Å². The number of hydrogen-bond donors (Lipinski definition) is 5. The lowest BCUT2D eigenvalue weighted by Crippen LogP contribution is -2.48. The molecule has 0 fully saturated rings. The molecule has 0 aliphatic rings. The van der Waals surface area contributed by atoms with E-state index in [4.69, 9.17) is 5.11 Å². The first-order chi connectivity index (χ1) is 18.6. The molecule has 5 N–H and O–H groups in total. The Morgan fingerprint density at radius 2 is 1.64 bits per heavy atom. The SMILES string of the molecule is CCc1cccc(CNCC(O)C(Cc2cc(F)cc(F)c2)NC(=O)c2cccc(S(=O)(=O)NCCO)c2)c1. The van der Waals surface area contributed by atoms with Gasteiger partial charge >= 0.3 is 0 Å². The smallest absolute Gasteiger partial charge is 0.251 e. The number of sulfonamides is 1. The van der Waals surface area contributed by atoms with Crippen molar-refractivity contribution in [3.63, 3.8) is 0 Å². The summed E-state index contributed by atoms with van der Waals surface area (Å²) in [6.07, 6.45) is -0.341. The standard InChI is InChI=1S/C28H33F2N3O5S/c1-2-19-5-3-6-20(11-19)17-31-18-27(35)26(14-21-12-23(29)16-24(30)13-21)33-28(36)22-7-4-8-25(15-22)39(37,38)32-9-10-34/h3-8,11-13,15-16,26-27,31-32,34-35H,2,9-10,14,17-18H2,1H3,(H,33,36). The minimum atomic E-state index is -3.96. The van der Waals surface area contributed by atoms with Crippen LogP contribution in [0.25, 0.3) is 0 Å². The molecule has 0 saturated carbocycles. The van der Waals surface area contributed by atoms with E-state index in [0.29, 0.717) is 6.54 Å². The molecule has 3 rings (SSSR count). The van der Waals surface area contributed by atoms with E-state index in [1.807, 2.05) is 24.3 Å². The highest BCUT2D eigenvalue weighted by atomic mass is 32.2. The van der Waals surface area contributed by atoms with Crippen molar-refractivity contribution in [2.45, 2.75) is 43.4 Å². The van der Waals surface area contributed by atoms with Gasteiger partial charge in [0.25, 0.3) is 5.91 Å². The monoisotopic (exact) mass is 561 g/mol. The number of amides is 1. The second-order valence-corrected chi connectivity index (χ2v) is 10.8. The Hall–Kier alpha value is -3.22. The van der Waals surface area contributed by atoms with Crippen molar-refractivity contribution in [1.29, 1.82) is 0 Å². The number of benzene rings is 3. The summed E-state index contributed by atoms with van der Waals surface area (Å²) in [5.41, 5.74) is 2.43. The fraction of sp³-hybridized carbons (Fsp3) is 0.321. The summed E-state index contributed by atoms with van der Waals surface area (Å²) in [5, 5.41) is 25.7. The fourth-order valence-corrected chi connectivity index (χ4v) is 5.12. The highest BCUT2D eigenvalue weighted by molar-refractivity contribution is 7.89. The average Bonchev–Trinajstić information content (AvgIpc) is 2.91. The highest BCUT2D eigenvalue weighted by Crippen LogP contribution is 2.15. The molecule has 0 spiro atoms. The van der Waals surface area contributed by atoms with Gasteiger partial charge in [-0.2, -0.15) is 0 Å². The Labute approximate surface area is 227 Å². The first kappa shape index (κ1) is 30.3. The van der Waals surface area contributed by atoms with Gasteiger partial charge < -0.3 is 20.8 Å². The molecular weight excluding hydrogens is 528 g/mol. The van der Waals surface area contributed by atoms with Crippen molar-refractivity contribution in [2.24, 2.45) is 0 Å². The molecule has 0 bridgehead atoms. The molecule has 8 nitrogen and oxygen atoms in total. The summed E-state index contributed by atoms with van der Waals surface area (Å²) in [4.78, 5) is 12.9. The molecule has 0 aliphatic carbocycles. The second kappa shape index (κ2) is 14.2. The molecule has 2 unspecified atom stereocenters. The van der Waals surface area contributed by atoms with Crippen LogP contribution < -0.4 is 15.4 Å². The molecule has 11 heteroatoms. The van der Waals surface area contributed by atoms with E-state index in [0.717, 1.165) is 30.2 Å². The lowest BCUT2D eigenvalue weighted by Gasteiger charge is -2.25. The van der Waals surface area contributed by atoms with Crippen LogP contribution in [0.3, 0.4) is 0 Å². The minimum Gasteiger partial charge on any atom is -0.395 e. The van der Waals surface area contributed by atoms with Crippen LogP contribution in [0.15, 0.2) is 71.6 Å². The third-order valence-corrected chi connectivity index (χ3v) is 7.51. The zero-order valence-electron chi connectivity index (χ0n) is 21.5. The maximum Gasteiger partial charge on any atom is 0.251 e. The average molecular weight is 562 g/mol. The maximum atomic E-state index is 13.8. The molecule has 0 radical (unpaired) electrons. The quantitative estimate of drug-likeness (QED) is 0.206. The van der Waals surface area contributed by atoms with Crippen LogP contribution in [0.1, 0.15) is 34.0 Å². The maximum absolute atomic E-state index is 13.8. The predicted octanol–water partition coefficient (Wildman–Crippen LogP) is 2.29. The second-order valence-electron chi connectivity index (χ2n) is 9.08. The van der Waals surface area contributed by atoms with Crippen LogP contribution in [0.4, 0.5) is 8.78 Å². The number of aliphatic hydroxyl groups excluding tert-OH is 2. The van der Waals surface area contributed by atoms with Crippen molar-refractivity contribution < 1.29 is 32.2 Å². The van der Waals surface area contributed by atoms with Crippen LogP contribution in [0.2, 0.25) is 0 Å². The topological polar surface area (TPSA) is 128 Å². The Bertz CT molecular complexity index is 1350.